The van der Waals surface area contributed by atoms with Crippen LogP contribution in [0.1, 0.15) is 36.8 Å². The minimum Gasteiger partial charge on any atom is -0.444 e. The number of nitrogen functional groups attached to an aromatic ring is 1. The van der Waals surface area contributed by atoms with Crippen molar-refractivity contribution >= 4 is 23.5 Å². The molecule has 26 heavy (non-hydrogen) atoms. The van der Waals surface area contributed by atoms with Crippen molar-refractivity contribution in [2.45, 2.75) is 38.8 Å². The molecule has 0 aromatic carbocycles. The number of alkyl carbamates (subject to hydrolysis) is 1. The lowest BCUT2D eigenvalue weighted by Crippen LogP contribution is -2.50. The van der Waals surface area contributed by atoms with Crippen LogP contribution < -0.4 is 16.4 Å². The number of anilines is 2. The average Bonchev–Trinajstić information content (AvgIpc) is 2.55. The molecule has 1 aromatic heterocycles. The van der Waals surface area contributed by atoms with Crippen LogP contribution >= 0.6 is 0 Å². The first-order chi connectivity index (χ1) is 12.1. The predicted octanol–water partition coefficient (Wildman–Crippen LogP) is 1.57. The van der Waals surface area contributed by atoms with Gasteiger partial charge in [-0.3, -0.25) is 4.79 Å². The SMILES string of the molecule is CNc1nc2c(cc1N)C(=O)N(CC(CF)NC(=O)OC(C)(C)C)CC2. The van der Waals surface area contributed by atoms with E-state index in [4.69, 9.17) is 10.5 Å². The Bertz CT molecular complexity index is 690. The quantitative estimate of drug-likeness (QED) is 0.729. The summed E-state index contributed by atoms with van der Waals surface area (Å²) >= 11 is 0. The van der Waals surface area contributed by atoms with Gasteiger partial charge in [-0.05, 0) is 26.8 Å². The first kappa shape index (κ1) is 19.7. The first-order valence-electron chi connectivity index (χ1n) is 8.46. The molecule has 2 rings (SSSR count). The summed E-state index contributed by atoms with van der Waals surface area (Å²) in [5.74, 6) is 0.246. The number of carbonyl (C=O) groups excluding carboxylic acids is 2. The fourth-order valence-corrected chi connectivity index (χ4v) is 2.70. The molecule has 0 bridgehead atoms. The second kappa shape index (κ2) is 7.76. The van der Waals surface area contributed by atoms with E-state index in [0.717, 1.165) is 0 Å². The Hall–Kier alpha value is -2.58. The molecule has 0 radical (unpaired) electrons. The number of aromatic nitrogens is 1. The van der Waals surface area contributed by atoms with Crippen LogP contribution in [-0.2, 0) is 11.2 Å². The van der Waals surface area contributed by atoms with E-state index in [1.54, 1.807) is 33.9 Å². The fourth-order valence-electron chi connectivity index (χ4n) is 2.70. The van der Waals surface area contributed by atoms with E-state index < -0.39 is 24.4 Å². The third kappa shape index (κ3) is 4.74. The highest BCUT2D eigenvalue weighted by Gasteiger charge is 2.29. The van der Waals surface area contributed by atoms with Gasteiger partial charge < -0.3 is 26.0 Å². The van der Waals surface area contributed by atoms with E-state index in [9.17, 15) is 14.0 Å². The molecule has 0 fully saturated rings. The van der Waals surface area contributed by atoms with Crippen molar-refractivity contribution in [2.24, 2.45) is 0 Å². The minimum atomic E-state index is -0.850. The van der Waals surface area contributed by atoms with Crippen molar-refractivity contribution < 1.29 is 18.7 Å². The van der Waals surface area contributed by atoms with Gasteiger partial charge in [0.15, 0.2) is 0 Å². The topological polar surface area (TPSA) is 110 Å². The van der Waals surface area contributed by atoms with Crippen molar-refractivity contribution in [1.29, 1.82) is 0 Å². The first-order valence-corrected chi connectivity index (χ1v) is 8.46. The van der Waals surface area contributed by atoms with Gasteiger partial charge in [0.1, 0.15) is 18.1 Å². The fraction of sp³-hybridized carbons (Fsp3) is 0.588. The van der Waals surface area contributed by atoms with Crippen LogP contribution in [-0.4, -0.2) is 60.3 Å². The molecule has 1 unspecified atom stereocenters. The number of hydrogen-bond acceptors (Lipinski definition) is 6. The van der Waals surface area contributed by atoms with Gasteiger partial charge in [-0.2, -0.15) is 0 Å². The highest BCUT2D eigenvalue weighted by Crippen LogP contribution is 2.24. The zero-order valence-electron chi connectivity index (χ0n) is 15.6. The summed E-state index contributed by atoms with van der Waals surface area (Å²) in [7, 11) is 1.70. The lowest BCUT2D eigenvalue weighted by molar-refractivity contribution is 0.0465. The van der Waals surface area contributed by atoms with Gasteiger partial charge in [-0.25, -0.2) is 14.2 Å². The molecule has 2 heterocycles. The average molecular weight is 367 g/mol. The van der Waals surface area contributed by atoms with Crippen molar-refractivity contribution in [1.82, 2.24) is 15.2 Å². The van der Waals surface area contributed by atoms with E-state index in [1.807, 2.05) is 0 Å². The van der Waals surface area contributed by atoms with Crippen molar-refractivity contribution in [3.63, 3.8) is 0 Å². The zero-order chi connectivity index (χ0) is 19.5. The summed E-state index contributed by atoms with van der Waals surface area (Å²) in [6.07, 6.45) is -0.184. The lowest BCUT2D eigenvalue weighted by Gasteiger charge is -2.31. The summed E-state index contributed by atoms with van der Waals surface area (Å²) in [6, 6.07) is 0.728. The number of nitrogens with two attached hydrogens (primary N) is 1. The molecule has 0 spiro atoms. The Morgan fingerprint density at radius 3 is 2.77 bits per heavy atom. The van der Waals surface area contributed by atoms with Gasteiger partial charge in [-0.1, -0.05) is 0 Å². The summed E-state index contributed by atoms with van der Waals surface area (Å²) in [5.41, 5.74) is 6.63. The minimum absolute atomic E-state index is 0.0434. The molecule has 4 N–H and O–H groups in total. The number of halogens is 1. The molecule has 0 saturated carbocycles. The molecule has 1 aliphatic heterocycles. The standard InChI is InChI=1S/C17H26FN5O3/c1-17(2,3)26-16(25)21-10(8-18)9-23-6-5-13-11(15(23)24)7-12(19)14(20-4)22-13/h7,10H,5-6,8-9,19H2,1-4H3,(H,20,22)(H,21,25). The largest absolute Gasteiger partial charge is 0.444 e. The maximum absolute atomic E-state index is 13.3. The van der Waals surface area contributed by atoms with E-state index in [2.05, 4.69) is 15.6 Å². The van der Waals surface area contributed by atoms with Gasteiger partial charge in [-0.15, -0.1) is 0 Å². The molecular weight excluding hydrogens is 341 g/mol. The Morgan fingerprint density at radius 1 is 1.50 bits per heavy atom. The summed E-state index contributed by atoms with van der Waals surface area (Å²) in [5, 5.41) is 5.35. The number of alkyl halides is 1. The predicted molar refractivity (Wildman–Crippen MR) is 96.9 cm³/mol. The Balaban J connectivity index is 2.07. The van der Waals surface area contributed by atoms with Crippen LogP contribution in [0.2, 0.25) is 0 Å². The van der Waals surface area contributed by atoms with Gasteiger partial charge >= 0.3 is 6.09 Å². The molecule has 0 saturated heterocycles. The maximum Gasteiger partial charge on any atom is 0.408 e. The summed E-state index contributed by atoms with van der Waals surface area (Å²) < 4.78 is 18.5. The Morgan fingerprint density at radius 2 is 2.19 bits per heavy atom. The number of rotatable bonds is 5. The van der Waals surface area contributed by atoms with Crippen LogP contribution in [0.3, 0.4) is 0 Å². The molecule has 1 aromatic rings. The number of amides is 2. The Kier molecular flexibility index (Phi) is 5.89. The molecular formula is C17H26FN5O3. The van der Waals surface area contributed by atoms with E-state index >= 15 is 0 Å². The van der Waals surface area contributed by atoms with Crippen LogP contribution in [0.15, 0.2) is 6.07 Å². The second-order valence-corrected chi connectivity index (χ2v) is 7.17. The van der Waals surface area contributed by atoms with Gasteiger partial charge in [0.2, 0.25) is 0 Å². The van der Waals surface area contributed by atoms with E-state index in [1.165, 1.54) is 4.90 Å². The maximum atomic E-state index is 13.3. The molecule has 0 aliphatic carbocycles. The molecule has 8 nitrogen and oxygen atoms in total. The number of nitrogens with zero attached hydrogens (tertiary/aromatic N) is 2. The summed E-state index contributed by atoms with van der Waals surface area (Å²) in [4.78, 5) is 30.4. The zero-order valence-corrected chi connectivity index (χ0v) is 15.6. The number of hydrogen-bond donors (Lipinski definition) is 3. The van der Waals surface area contributed by atoms with Crippen LogP contribution in [0.5, 0.6) is 0 Å². The normalized spacial score (nSPS) is 15.3. The number of pyridine rings is 1. The van der Waals surface area contributed by atoms with Crippen LogP contribution in [0.4, 0.5) is 20.7 Å². The number of fused-ring (bicyclic) bond motifs is 1. The highest BCUT2D eigenvalue weighted by molar-refractivity contribution is 5.97. The third-order valence-electron chi connectivity index (χ3n) is 3.85. The van der Waals surface area contributed by atoms with Gasteiger partial charge in [0, 0.05) is 26.6 Å². The third-order valence-corrected chi connectivity index (χ3v) is 3.85. The van der Waals surface area contributed by atoms with Crippen LogP contribution in [0, 0.1) is 0 Å². The Labute approximate surface area is 152 Å². The molecule has 1 aliphatic rings. The van der Waals surface area contributed by atoms with E-state index in [0.29, 0.717) is 35.7 Å². The number of carbonyl (C=O) groups is 2. The van der Waals surface area contributed by atoms with Crippen molar-refractivity contribution in [3.8, 4) is 0 Å². The molecule has 1 atom stereocenters. The monoisotopic (exact) mass is 367 g/mol. The van der Waals surface area contributed by atoms with Gasteiger partial charge in [0.05, 0.1) is 23.0 Å². The number of nitrogens with one attached hydrogen (secondary N) is 2. The van der Waals surface area contributed by atoms with Gasteiger partial charge in [0.25, 0.3) is 5.91 Å². The highest BCUT2D eigenvalue weighted by atomic mass is 19.1. The lowest BCUT2D eigenvalue weighted by atomic mass is 10.0. The van der Waals surface area contributed by atoms with Crippen molar-refractivity contribution in [2.75, 3.05) is 37.9 Å². The smallest absolute Gasteiger partial charge is 0.408 e. The molecule has 144 valence electrons. The van der Waals surface area contributed by atoms with E-state index in [-0.39, 0.29) is 12.5 Å². The second-order valence-electron chi connectivity index (χ2n) is 7.17. The number of ether oxygens (including phenoxy) is 1. The van der Waals surface area contributed by atoms with Crippen LogP contribution in [0.25, 0.3) is 0 Å². The van der Waals surface area contributed by atoms with Crippen molar-refractivity contribution in [3.05, 3.63) is 17.3 Å². The summed E-state index contributed by atoms with van der Waals surface area (Å²) in [6.45, 7) is 4.78. The molecule has 9 heteroatoms. The molecule has 2 amide bonds.